The Morgan fingerprint density at radius 2 is 2.25 bits per heavy atom. The number of aliphatic hydroxyl groups is 1. The summed E-state index contributed by atoms with van der Waals surface area (Å²) in [5, 5.41) is 18.1. The van der Waals surface area contributed by atoms with Crippen LogP contribution in [0.4, 0.5) is 0 Å². The number of carboxylic acids is 1. The van der Waals surface area contributed by atoms with Crippen LogP contribution in [0.3, 0.4) is 0 Å². The zero-order chi connectivity index (χ0) is 9.35. The lowest BCUT2D eigenvalue weighted by Crippen LogP contribution is -2.38. The van der Waals surface area contributed by atoms with Gasteiger partial charge in [-0.2, -0.15) is 0 Å². The molecule has 0 unspecified atom stereocenters. The summed E-state index contributed by atoms with van der Waals surface area (Å²) in [5.74, 6) is -1.14. The van der Waals surface area contributed by atoms with Crippen LogP contribution >= 0.6 is 0 Å². The van der Waals surface area contributed by atoms with E-state index in [1.54, 1.807) is 0 Å². The fourth-order valence-electron chi connectivity index (χ4n) is 1.61. The van der Waals surface area contributed by atoms with Gasteiger partial charge in [-0.1, -0.05) is 0 Å². The van der Waals surface area contributed by atoms with Gasteiger partial charge in [0.05, 0.1) is 6.10 Å². The number of hydrogen-bond acceptors (Lipinski definition) is 3. The highest BCUT2D eigenvalue weighted by molar-refractivity contribution is 5.90. The maximum absolute atomic E-state index is 10.9. The molecule has 12 heavy (non-hydrogen) atoms. The monoisotopic (exact) mass is 172 g/mol. The summed E-state index contributed by atoms with van der Waals surface area (Å²) in [4.78, 5) is 21.7. The van der Waals surface area contributed by atoms with Crippen LogP contribution in [0.25, 0.3) is 0 Å². The molecular weight excluding hydrogens is 160 g/mol. The van der Waals surface area contributed by atoms with Crippen molar-refractivity contribution in [3.63, 3.8) is 0 Å². The van der Waals surface area contributed by atoms with E-state index in [9.17, 15) is 14.7 Å². The molecule has 2 atom stereocenters. The first kappa shape index (κ1) is 9.19. The quantitative estimate of drug-likeness (QED) is 0.623. The number of Topliss-reactive ketones (excluding diaryl/α,β-unsaturated/α-hetero) is 1. The standard InChI is InChI=1S/C8H12O4/c1-5(9)8(7(11)12)3-2-6(10)4-8/h5,9H,2-4H2,1H3,(H,11,12)/t5-,8+/m0/s1. The Morgan fingerprint density at radius 1 is 1.67 bits per heavy atom. The lowest BCUT2D eigenvalue weighted by molar-refractivity contribution is -0.156. The second-order valence-corrected chi connectivity index (χ2v) is 3.35. The Hall–Kier alpha value is -0.900. The van der Waals surface area contributed by atoms with Crippen LogP contribution in [0, 0.1) is 5.41 Å². The summed E-state index contributed by atoms with van der Waals surface area (Å²) >= 11 is 0. The number of aliphatic carboxylic acids is 1. The van der Waals surface area contributed by atoms with E-state index < -0.39 is 17.5 Å². The third-order valence-corrected chi connectivity index (χ3v) is 2.59. The third kappa shape index (κ3) is 1.22. The van der Waals surface area contributed by atoms with Crippen molar-refractivity contribution in [1.29, 1.82) is 0 Å². The number of rotatable bonds is 2. The van der Waals surface area contributed by atoms with Gasteiger partial charge in [0.1, 0.15) is 11.2 Å². The van der Waals surface area contributed by atoms with E-state index in [1.807, 2.05) is 0 Å². The summed E-state index contributed by atoms with van der Waals surface area (Å²) in [5.41, 5.74) is -1.21. The molecule has 0 aromatic carbocycles. The highest BCUT2D eigenvalue weighted by Gasteiger charge is 2.48. The number of hydrogen-bond donors (Lipinski definition) is 2. The van der Waals surface area contributed by atoms with Crippen LogP contribution in [-0.2, 0) is 9.59 Å². The van der Waals surface area contributed by atoms with Gasteiger partial charge < -0.3 is 10.2 Å². The molecule has 0 radical (unpaired) electrons. The van der Waals surface area contributed by atoms with Gasteiger partial charge in [0.15, 0.2) is 0 Å². The van der Waals surface area contributed by atoms with E-state index >= 15 is 0 Å². The maximum atomic E-state index is 10.9. The van der Waals surface area contributed by atoms with Crippen molar-refractivity contribution in [2.45, 2.75) is 32.3 Å². The molecule has 1 saturated carbocycles. The Bertz CT molecular complexity index is 221. The van der Waals surface area contributed by atoms with Gasteiger partial charge >= 0.3 is 5.97 Å². The summed E-state index contributed by atoms with van der Waals surface area (Å²) < 4.78 is 0. The van der Waals surface area contributed by atoms with Crippen molar-refractivity contribution < 1.29 is 19.8 Å². The zero-order valence-corrected chi connectivity index (χ0v) is 6.91. The van der Waals surface area contributed by atoms with Crippen molar-refractivity contribution in [2.75, 3.05) is 0 Å². The Kier molecular flexibility index (Phi) is 2.19. The van der Waals surface area contributed by atoms with Gasteiger partial charge in [0.2, 0.25) is 0 Å². The second kappa shape index (κ2) is 2.86. The van der Waals surface area contributed by atoms with Gasteiger partial charge in [-0.15, -0.1) is 0 Å². The second-order valence-electron chi connectivity index (χ2n) is 3.35. The van der Waals surface area contributed by atoms with E-state index in [2.05, 4.69) is 0 Å². The minimum Gasteiger partial charge on any atom is -0.481 e. The van der Waals surface area contributed by atoms with E-state index in [4.69, 9.17) is 5.11 Å². The maximum Gasteiger partial charge on any atom is 0.312 e. The molecular formula is C8H12O4. The van der Waals surface area contributed by atoms with Crippen molar-refractivity contribution in [3.8, 4) is 0 Å². The molecule has 4 nitrogen and oxygen atoms in total. The average molecular weight is 172 g/mol. The predicted octanol–water partition coefficient (Wildman–Crippen LogP) is 0.191. The first-order valence-corrected chi connectivity index (χ1v) is 3.92. The number of carbonyl (C=O) groups is 2. The molecule has 1 rings (SSSR count). The van der Waals surface area contributed by atoms with E-state index in [0.717, 1.165) is 0 Å². The van der Waals surface area contributed by atoms with Crippen LogP contribution < -0.4 is 0 Å². The van der Waals surface area contributed by atoms with E-state index in [1.165, 1.54) is 6.92 Å². The van der Waals surface area contributed by atoms with Gasteiger partial charge in [-0.05, 0) is 13.3 Å². The van der Waals surface area contributed by atoms with Gasteiger partial charge in [-0.3, -0.25) is 9.59 Å². The molecule has 0 bridgehead atoms. The number of ketones is 1. The predicted molar refractivity (Wildman–Crippen MR) is 40.6 cm³/mol. The van der Waals surface area contributed by atoms with Crippen molar-refractivity contribution in [2.24, 2.45) is 5.41 Å². The fourth-order valence-corrected chi connectivity index (χ4v) is 1.61. The third-order valence-electron chi connectivity index (χ3n) is 2.59. The summed E-state index contributed by atoms with van der Waals surface area (Å²) in [7, 11) is 0. The Balaban J connectivity index is 2.89. The van der Waals surface area contributed by atoms with Gasteiger partial charge in [0.25, 0.3) is 0 Å². The van der Waals surface area contributed by atoms with Crippen LogP contribution in [0.2, 0.25) is 0 Å². The van der Waals surface area contributed by atoms with E-state index in [0.29, 0.717) is 0 Å². The molecule has 0 amide bonds. The molecule has 1 aliphatic rings. The minimum atomic E-state index is -1.21. The first-order chi connectivity index (χ1) is 5.49. The normalized spacial score (nSPS) is 32.0. The largest absolute Gasteiger partial charge is 0.481 e. The molecule has 0 aromatic rings. The molecule has 68 valence electrons. The van der Waals surface area contributed by atoms with Crippen LogP contribution in [0.15, 0.2) is 0 Å². The van der Waals surface area contributed by atoms with Crippen LogP contribution in [-0.4, -0.2) is 28.1 Å². The molecule has 0 heterocycles. The molecule has 1 fully saturated rings. The summed E-state index contributed by atoms with van der Waals surface area (Å²) in [6.07, 6.45) is -0.447. The molecule has 4 heteroatoms. The average Bonchev–Trinajstić information content (AvgIpc) is 2.32. The van der Waals surface area contributed by atoms with E-state index in [-0.39, 0.29) is 25.0 Å². The number of carbonyl (C=O) groups excluding carboxylic acids is 1. The lowest BCUT2D eigenvalue weighted by Gasteiger charge is -2.25. The van der Waals surface area contributed by atoms with Crippen molar-refractivity contribution in [3.05, 3.63) is 0 Å². The highest BCUT2D eigenvalue weighted by atomic mass is 16.4. The fraction of sp³-hybridized carbons (Fsp3) is 0.750. The highest BCUT2D eigenvalue weighted by Crippen LogP contribution is 2.39. The first-order valence-electron chi connectivity index (χ1n) is 3.92. The van der Waals surface area contributed by atoms with Gasteiger partial charge in [0, 0.05) is 12.8 Å². The van der Waals surface area contributed by atoms with Crippen molar-refractivity contribution in [1.82, 2.24) is 0 Å². The molecule has 0 spiro atoms. The molecule has 1 aliphatic carbocycles. The SMILES string of the molecule is C[C@H](O)[C@@]1(C(=O)O)CCC(=O)C1. The van der Waals surface area contributed by atoms with Crippen LogP contribution in [0.1, 0.15) is 26.2 Å². The number of carboxylic acid groups (broad SMARTS) is 1. The summed E-state index contributed by atoms with van der Waals surface area (Å²) in [6.45, 7) is 1.42. The molecule has 0 aromatic heterocycles. The minimum absolute atomic E-state index is 0.0278. The Labute approximate surface area is 70.2 Å². The Morgan fingerprint density at radius 3 is 2.42 bits per heavy atom. The topological polar surface area (TPSA) is 74.6 Å². The molecule has 2 N–H and O–H groups in total. The van der Waals surface area contributed by atoms with Crippen LogP contribution in [0.5, 0.6) is 0 Å². The van der Waals surface area contributed by atoms with Crippen molar-refractivity contribution >= 4 is 11.8 Å². The molecule has 0 saturated heterocycles. The summed E-state index contributed by atoms with van der Waals surface area (Å²) in [6, 6.07) is 0. The van der Waals surface area contributed by atoms with Gasteiger partial charge in [-0.25, -0.2) is 0 Å². The lowest BCUT2D eigenvalue weighted by atomic mass is 9.81. The smallest absolute Gasteiger partial charge is 0.312 e. The zero-order valence-electron chi connectivity index (χ0n) is 6.91. The number of aliphatic hydroxyl groups excluding tert-OH is 1. The molecule has 0 aliphatic heterocycles.